The molecule has 14 heteroatoms. The third-order valence-corrected chi connectivity index (χ3v) is 5.32. The normalized spacial score (nSPS) is 13.4. The van der Waals surface area contributed by atoms with Gasteiger partial charge in [0.05, 0.1) is 11.5 Å². The van der Waals surface area contributed by atoms with Crippen LogP contribution < -0.4 is 16.4 Å². The molecule has 1 aromatic rings. The molecule has 0 spiro atoms. The number of rotatable bonds is 11. The molecule has 1 atom stereocenters. The van der Waals surface area contributed by atoms with Crippen LogP contribution in [0.4, 0.5) is 20.1 Å². The molecule has 3 amide bonds. The van der Waals surface area contributed by atoms with Crippen molar-refractivity contribution >= 4 is 29.8 Å². The minimum Gasteiger partial charge on any atom is -0.444 e. The van der Waals surface area contributed by atoms with Crippen LogP contribution in [-0.4, -0.2) is 82.4 Å². The van der Waals surface area contributed by atoms with Gasteiger partial charge in [-0.05, 0) is 67.9 Å². The van der Waals surface area contributed by atoms with E-state index in [0.29, 0.717) is 10.5 Å². The minimum absolute atomic E-state index is 0.0816. The molecule has 0 aliphatic rings. The fourth-order valence-corrected chi connectivity index (χ4v) is 3.71. The van der Waals surface area contributed by atoms with Crippen molar-refractivity contribution in [2.45, 2.75) is 91.1 Å². The zero-order valence-corrected chi connectivity index (χ0v) is 26.0. The maximum atomic E-state index is 13.7. The van der Waals surface area contributed by atoms with Gasteiger partial charge in [-0.3, -0.25) is 14.9 Å². The summed E-state index contributed by atoms with van der Waals surface area (Å²) in [6, 6.07) is 5.33. The van der Waals surface area contributed by atoms with Crippen molar-refractivity contribution in [1.29, 1.82) is 0 Å². The molecule has 0 aromatic heterocycles. The highest BCUT2D eigenvalue weighted by atomic mass is 16.6. The summed E-state index contributed by atoms with van der Waals surface area (Å²) in [7, 11) is 0. The van der Waals surface area contributed by atoms with E-state index >= 15 is 0 Å². The number of carbonyl (C=O) groups excluding carboxylic acids is 4. The summed E-state index contributed by atoms with van der Waals surface area (Å²) >= 11 is 0. The van der Waals surface area contributed by atoms with Crippen molar-refractivity contribution in [3.05, 3.63) is 39.9 Å². The molecule has 0 aliphatic carbocycles. The number of Topliss-reactive ketones (excluding diaryl/α,β-unsaturated/α-hetero) is 1. The monoisotopic (exact) mass is 595 g/mol. The van der Waals surface area contributed by atoms with E-state index in [9.17, 15) is 29.3 Å². The number of nitrogens with two attached hydrogens (primary N) is 1. The molecule has 14 nitrogen and oxygen atoms in total. The van der Waals surface area contributed by atoms with Gasteiger partial charge in [0.2, 0.25) is 0 Å². The highest BCUT2D eigenvalue weighted by molar-refractivity contribution is 6.00. The SMILES string of the molecule is CC(C)(C)OC(=O)NCCNCC(Cc1ccc([N+](=O)[O-])cc1)(C(=O)CN)N(C(=O)OC(C)(C)C)C(=O)OC(C)(C)C. The Morgan fingerprint density at radius 3 is 1.71 bits per heavy atom. The Balaban J connectivity index is 3.58. The summed E-state index contributed by atoms with van der Waals surface area (Å²) in [4.78, 5) is 64.2. The van der Waals surface area contributed by atoms with Gasteiger partial charge in [0.25, 0.3) is 5.69 Å². The predicted molar refractivity (Wildman–Crippen MR) is 155 cm³/mol. The maximum absolute atomic E-state index is 13.7. The van der Waals surface area contributed by atoms with Gasteiger partial charge in [0.1, 0.15) is 22.3 Å². The third kappa shape index (κ3) is 12.0. The molecule has 4 N–H and O–H groups in total. The number of non-ortho nitro benzene ring substituents is 1. The topological polar surface area (TPSA) is 192 Å². The number of ether oxygens (including phenoxy) is 3. The average molecular weight is 596 g/mol. The van der Waals surface area contributed by atoms with E-state index in [2.05, 4.69) is 10.6 Å². The number of benzene rings is 1. The van der Waals surface area contributed by atoms with Crippen LogP contribution in [0.5, 0.6) is 0 Å². The molecule has 0 saturated carbocycles. The smallest absolute Gasteiger partial charge is 0.420 e. The van der Waals surface area contributed by atoms with E-state index < -0.39 is 57.9 Å². The fraction of sp³-hybridized carbons (Fsp3) is 0.643. The van der Waals surface area contributed by atoms with Crippen molar-refractivity contribution in [3.63, 3.8) is 0 Å². The molecule has 1 aromatic carbocycles. The van der Waals surface area contributed by atoms with Gasteiger partial charge in [-0.1, -0.05) is 12.1 Å². The second-order valence-corrected chi connectivity index (χ2v) is 12.7. The zero-order valence-electron chi connectivity index (χ0n) is 26.0. The van der Waals surface area contributed by atoms with Crippen LogP contribution in [0.25, 0.3) is 0 Å². The van der Waals surface area contributed by atoms with Crippen molar-refractivity contribution in [3.8, 4) is 0 Å². The lowest BCUT2D eigenvalue weighted by molar-refractivity contribution is -0.384. The first-order chi connectivity index (χ1) is 19.1. The quantitative estimate of drug-likeness (QED) is 0.146. The Kier molecular flexibility index (Phi) is 12.4. The summed E-state index contributed by atoms with van der Waals surface area (Å²) in [5, 5.41) is 16.8. The molecular weight excluding hydrogens is 550 g/mol. The number of amides is 3. The predicted octanol–water partition coefficient (Wildman–Crippen LogP) is 3.69. The second-order valence-electron chi connectivity index (χ2n) is 12.7. The van der Waals surface area contributed by atoms with Gasteiger partial charge >= 0.3 is 18.3 Å². The Hall–Kier alpha value is -3.78. The van der Waals surface area contributed by atoms with Crippen LogP contribution in [-0.2, 0) is 25.4 Å². The number of nitro benzene ring substituents is 1. The van der Waals surface area contributed by atoms with Gasteiger partial charge in [-0.2, -0.15) is 4.90 Å². The van der Waals surface area contributed by atoms with Crippen LogP contribution in [0.2, 0.25) is 0 Å². The van der Waals surface area contributed by atoms with E-state index in [1.54, 1.807) is 62.3 Å². The molecule has 0 radical (unpaired) electrons. The van der Waals surface area contributed by atoms with Crippen molar-refractivity contribution in [2.24, 2.45) is 5.73 Å². The average Bonchev–Trinajstić information content (AvgIpc) is 2.80. The van der Waals surface area contributed by atoms with E-state index in [0.717, 1.165) is 0 Å². The van der Waals surface area contributed by atoms with Gasteiger partial charge in [-0.25, -0.2) is 14.4 Å². The molecule has 0 fully saturated rings. The number of imide groups is 1. The molecule has 1 unspecified atom stereocenters. The van der Waals surface area contributed by atoms with Gasteiger partial charge in [0.15, 0.2) is 5.78 Å². The van der Waals surface area contributed by atoms with Crippen molar-refractivity contribution < 1.29 is 38.3 Å². The lowest BCUT2D eigenvalue weighted by Crippen LogP contribution is -2.67. The Morgan fingerprint density at radius 2 is 1.31 bits per heavy atom. The second kappa shape index (κ2) is 14.4. The van der Waals surface area contributed by atoms with Crippen LogP contribution in [0.15, 0.2) is 24.3 Å². The fourth-order valence-electron chi connectivity index (χ4n) is 3.71. The minimum atomic E-state index is -1.98. The molecular formula is C28H45N5O9. The summed E-state index contributed by atoms with van der Waals surface area (Å²) in [5.41, 5.74) is 1.26. The molecule has 1 rings (SSSR count). The van der Waals surface area contributed by atoms with Crippen LogP contribution in [0.3, 0.4) is 0 Å². The summed E-state index contributed by atoms with van der Waals surface area (Å²) in [6.45, 7) is 14.1. The third-order valence-electron chi connectivity index (χ3n) is 5.32. The maximum Gasteiger partial charge on any atom is 0.420 e. The van der Waals surface area contributed by atoms with Crippen LogP contribution in [0, 0.1) is 10.1 Å². The number of ketones is 1. The first-order valence-electron chi connectivity index (χ1n) is 13.5. The molecule has 0 heterocycles. The largest absolute Gasteiger partial charge is 0.444 e. The zero-order chi connectivity index (χ0) is 32.5. The molecule has 42 heavy (non-hydrogen) atoms. The lowest BCUT2D eigenvalue weighted by atomic mass is 9.84. The van der Waals surface area contributed by atoms with Crippen LogP contribution >= 0.6 is 0 Å². The first kappa shape index (κ1) is 36.2. The Morgan fingerprint density at radius 1 is 0.833 bits per heavy atom. The number of nitro groups is 1. The Bertz CT molecular complexity index is 1090. The summed E-state index contributed by atoms with van der Waals surface area (Å²) in [5.74, 6) is -0.704. The van der Waals surface area contributed by atoms with E-state index in [-0.39, 0.29) is 31.7 Å². The highest BCUT2D eigenvalue weighted by Gasteiger charge is 2.51. The van der Waals surface area contributed by atoms with Crippen molar-refractivity contribution in [1.82, 2.24) is 15.5 Å². The van der Waals surface area contributed by atoms with E-state index in [4.69, 9.17) is 19.9 Å². The Labute approximate surface area is 246 Å². The van der Waals surface area contributed by atoms with E-state index in [1.165, 1.54) is 24.3 Å². The summed E-state index contributed by atoms with van der Waals surface area (Å²) < 4.78 is 16.3. The number of alkyl carbamates (subject to hydrolysis) is 1. The molecule has 0 saturated heterocycles. The molecule has 0 aliphatic heterocycles. The lowest BCUT2D eigenvalue weighted by Gasteiger charge is -2.42. The highest BCUT2D eigenvalue weighted by Crippen LogP contribution is 2.28. The molecule has 0 bridgehead atoms. The van der Waals surface area contributed by atoms with Gasteiger partial charge < -0.3 is 30.6 Å². The first-order valence-corrected chi connectivity index (χ1v) is 13.5. The number of hydrogen-bond acceptors (Lipinski definition) is 11. The van der Waals surface area contributed by atoms with Gasteiger partial charge in [0, 0.05) is 38.2 Å². The van der Waals surface area contributed by atoms with Crippen LogP contribution in [0.1, 0.15) is 67.9 Å². The van der Waals surface area contributed by atoms with Gasteiger partial charge in [-0.15, -0.1) is 0 Å². The molecule has 236 valence electrons. The van der Waals surface area contributed by atoms with Crippen molar-refractivity contribution in [2.75, 3.05) is 26.2 Å². The number of carbonyl (C=O) groups is 4. The number of nitrogens with one attached hydrogen (secondary N) is 2. The number of nitrogens with zero attached hydrogens (tertiary/aromatic N) is 2. The standard InChI is InChI=1S/C28H45N5O9/c1-25(2,3)40-22(35)31-15-14-30-18-28(21(34)17-29,16-19-10-12-20(13-11-19)33(38)39)32(23(36)41-26(4,5)6)24(37)42-27(7,8)9/h10-13,30H,14-18,29H2,1-9H3,(H,31,35). The number of hydrogen-bond donors (Lipinski definition) is 3. The summed E-state index contributed by atoms with van der Waals surface area (Å²) in [6.07, 6.45) is -3.21. The van der Waals surface area contributed by atoms with E-state index in [1.807, 2.05) is 0 Å².